The first kappa shape index (κ1) is 18.8. The molecule has 2 fully saturated rings. The summed E-state index contributed by atoms with van der Waals surface area (Å²) in [5.74, 6) is 0.917. The first-order chi connectivity index (χ1) is 11.8. The van der Waals surface area contributed by atoms with Gasteiger partial charge in [0, 0.05) is 44.9 Å². The Kier molecular flexibility index (Phi) is 5.53. The van der Waals surface area contributed by atoms with Gasteiger partial charge in [0.05, 0.1) is 0 Å². The van der Waals surface area contributed by atoms with Crippen LogP contribution in [0.5, 0.6) is 0 Å². The van der Waals surface area contributed by atoms with Crippen molar-refractivity contribution in [2.75, 3.05) is 32.8 Å². The molecule has 7 nitrogen and oxygen atoms in total. The molecule has 2 aliphatic rings. The molecule has 0 aromatic carbocycles. The average molecular weight is 372 g/mol. The van der Waals surface area contributed by atoms with E-state index < -0.39 is 10.0 Å². The van der Waals surface area contributed by atoms with Crippen LogP contribution >= 0.6 is 0 Å². The Balaban J connectivity index is 1.70. The number of hydrogen-bond donors (Lipinski definition) is 0. The quantitative estimate of drug-likeness (QED) is 0.759. The fourth-order valence-corrected chi connectivity index (χ4v) is 5.64. The second kappa shape index (κ2) is 7.34. The molecule has 0 saturated carbocycles. The van der Waals surface area contributed by atoms with Crippen LogP contribution in [0.25, 0.3) is 0 Å². The number of rotatable bonds is 6. The monoisotopic (exact) mass is 371 g/mol. The number of nitrogens with zero attached hydrogens (tertiary/aromatic N) is 3. The van der Waals surface area contributed by atoms with Crippen LogP contribution in [-0.4, -0.2) is 67.7 Å². The van der Waals surface area contributed by atoms with E-state index in [4.69, 9.17) is 9.26 Å². The molecule has 0 unspecified atom stereocenters. The standard InChI is InChI=1S/C17H29N3O4S/c1-12(2)9-20(15-5-7-23-8-6-15)16-10-19(11-16)25(21,22)17-13(3)18-24-14(17)4/h12,15-16H,5-11H2,1-4H3. The molecule has 0 N–H and O–H groups in total. The Morgan fingerprint density at radius 2 is 1.84 bits per heavy atom. The lowest BCUT2D eigenvalue weighted by Crippen LogP contribution is -2.64. The third-order valence-corrected chi connectivity index (χ3v) is 7.18. The van der Waals surface area contributed by atoms with Crippen molar-refractivity contribution in [2.45, 2.75) is 57.5 Å². The number of aryl methyl sites for hydroxylation is 2. The van der Waals surface area contributed by atoms with Gasteiger partial charge in [-0.1, -0.05) is 19.0 Å². The van der Waals surface area contributed by atoms with Crippen LogP contribution in [0.4, 0.5) is 0 Å². The number of aromatic nitrogens is 1. The third-order valence-electron chi connectivity index (χ3n) is 5.10. The highest BCUT2D eigenvalue weighted by Gasteiger charge is 2.43. The molecule has 3 heterocycles. The normalized spacial score (nSPS) is 21.2. The Morgan fingerprint density at radius 3 is 2.36 bits per heavy atom. The molecule has 0 amide bonds. The first-order valence-corrected chi connectivity index (χ1v) is 10.5. The highest BCUT2D eigenvalue weighted by atomic mass is 32.2. The largest absolute Gasteiger partial charge is 0.381 e. The maximum absolute atomic E-state index is 12.9. The van der Waals surface area contributed by atoms with Crippen LogP contribution in [0.1, 0.15) is 38.1 Å². The smallest absolute Gasteiger partial charge is 0.248 e. The lowest BCUT2D eigenvalue weighted by Gasteiger charge is -2.48. The lowest BCUT2D eigenvalue weighted by molar-refractivity contribution is -0.0158. The summed E-state index contributed by atoms with van der Waals surface area (Å²) >= 11 is 0. The molecule has 2 aliphatic heterocycles. The SMILES string of the molecule is Cc1noc(C)c1S(=O)(=O)N1CC(N(CC(C)C)C2CCOCC2)C1. The van der Waals surface area contributed by atoms with Gasteiger partial charge >= 0.3 is 0 Å². The molecule has 8 heteroatoms. The number of ether oxygens (including phenoxy) is 1. The van der Waals surface area contributed by atoms with E-state index in [9.17, 15) is 8.42 Å². The van der Waals surface area contributed by atoms with Crippen LogP contribution in [-0.2, 0) is 14.8 Å². The summed E-state index contributed by atoms with van der Waals surface area (Å²) in [5, 5.41) is 3.79. The van der Waals surface area contributed by atoms with Gasteiger partial charge in [-0.2, -0.15) is 4.31 Å². The van der Waals surface area contributed by atoms with Gasteiger partial charge in [0.25, 0.3) is 0 Å². The molecular formula is C17H29N3O4S. The molecule has 1 aromatic rings. The summed E-state index contributed by atoms with van der Waals surface area (Å²) in [6.45, 7) is 11.4. The number of hydrogen-bond acceptors (Lipinski definition) is 6. The fraction of sp³-hybridized carbons (Fsp3) is 0.824. The summed E-state index contributed by atoms with van der Waals surface area (Å²) in [6, 6.07) is 0.769. The molecular weight excluding hydrogens is 342 g/mol. The molecule has 0 bridgehead atoms. The average Bonchev–Trinajstić information content (AvgIpc) is 2.84. The van der Waals surface area contributed by atoms with Gasteiger partial charge in [-0.15, -0.1) is 0 Å². The zero-order valence-electron chi connectivity index (χ0n) is 15.6. The highest BCUT2D eigenvalue weighted by Crippen LogP contribution is 2.30. The van der Waals surface area contributed by atoms with Crippen molar-refractivity contribution >= 4 is 10.0 Å². The van der Waals surface area contributed by atoms with Gasteiger partial charge < -0.3 is 9.26 Å². The van der Waals surface area contributed by atoms with Crippen LogP contribution in [0, 0.1) is 19.8 Å². The first-order valence-electron chi connectivity index (χ1n) is 9.07. The van der Waals surface area contributed by atoms with Gasteiger partial charge in [-0.3, -0.25) is 4.90 Å². The lowest BCUT2D eigenvalue weighted by atomic mass is 9.99. The molecule has 3 rings (SSSR count). The van der Waals surface area contributed by atoms with Crippen molar-refractivity contribution in [3.8, 4) is 0 Å². The van der Waals surface area contributed by atoms with E-state index in [0.29, 0.717) is 36.5 Å². The second-order valence-electron chi connectivity index (χ2n) is 7.56. The maximum Gasteiger partial charge on any atom is 0.248 e. The summed E-state index contributed by atoms with van der Waals surface area (Å²) in [7, 11) is -3.52. The molecule has 2 saturated heterocycles. The van der Waals surface area contributed by atoms with Crippen molar-refractivity contribution in [2.24, 2.45) is 5.92 Å². The zero-order chi connectivity index (χ0) is 18.2. The third kappa shape index (κ3) is 3.77. The molecule has 0 aliphatic carbocycles. The highest BCUT2D eigenvalue weighted by molar-refractivity contribution is 7.89. The van der Waals surface area contributed by atoms with Crippen molar-refractivity contribution in [3.05, 3.63) is 11.5 Å². The van der Waals surface area contributed by atoms with E-state index in [1.54, 1.807) is 18.2 Å². The van der Waals surface area contributed by atoms with Crippen molar-refractivity contribution < 1.29 is 17.7 Å². The molecule has 142 valence electrons. The van der Waals surface area contributed by atoms with Crippen LogP contribution < -0.4 is 0 Å². The maximum atomic E-state index is 12.9. The molecule has 0 radical (unpaired) electrons. The van der Waals surface area contributed by atoms with E-state index in [1.165, 1.54) is 0 Å². The number of sulfonamides is 1. The van der Waals surface area contributed by atoms with Crippen molar-refractivity contribution in [3.63, 3.8) is 0 Å². The topological polar surface area (TPSA) is 75.9 Å². The van der Waals surface area contributed by atoms with Crippen molar-refractivity contribution in [1.82, 2.24) is 14.4 Å². The molecule has 25 heavy (non-hydrogen) atoms. The fourth-order valence-electron chi connectivity index (χ4n) is 3.83. The zero-order valence-corrected chi connectivity index (χ0v) is 16.4. The summed E-state index contributed by atoms with van der Waals surface area (Å²) in [4.78, 5) is 2.74. The van der Waals surface area contributed by atoms with E-state index in [2.05, 4.69) is 23.9 Å². The Hall–Kier alpha value is -0.960. The Morgan fingerprint density at radius 1 is 1.20 bits per heavy atom. The van der Waals surface area contributed by atoms with Crippen LogP contribution in [0.3, 0.4) is 0 Å². The summed E-state index contributed by atoms with van der Waals surface area (Å²) in [6.07, 6.45) is 2.06. The van der Waals surface area contributed by atoms with E-state index in [-0.39, 0.29) is 10.9 Å². The van der Waals surface area contributed by atoms with Crippen molar-refractivity contribution in [1.29, 1.82) is 0 Å². The van der Waals surface area contributed by atoms with Gasteiger partial charge in [-0.25, -0.2) is 8.42 Å². The minimum Gasteiger partial charge on any atom is -0.381 e. The predicted molar refractivity (Wildman–Crippen MR) is 93.9 cm³/mol. The van der Waals surface area contributed by atoms with Crippen LogP contribution in [0.2, 0.25) is 0 Å². The van der Waals surface area contributed by atoms with Gasteiger partial charge in [-0.05, 0) is 32.6 Å². The van der Waals surface area contributed by atoms with Gasteiger partial charge in [0.15, 0.2) is 5.76 Å². The molecule has 0 atom stereocenters. The predicted octanol–water partition coefficient (Wildman–Crippen LogP) is 1.80. The second-order valence-corrected chi connectivity index (χ2v) is 9.44. The van der Waals surface area contributed by atoms with Gasteiger partial charge in [0.2, 0.25) is 10.0 Å². The summed E-state index contributed by atoms with van der Waals surface area (Å²) in [5.41, 5.74) is 0.435. The van der Waals surface area contributed by atoms with Crippen LogP contribution in [0.15, 0.2) is 9.42 Å². The van der Waals surface area contributed by atoms with E-state index >= 15 is 0 Å². The molecule has 0 spiro atoms. The minimum atomic E-state index is -3.52. The Labute approximate surface area is 150 Å². The van der Waals surface area contributed by atoms with E-state index in [1.807, 2.05) is 0 Å². The minimum absolute atomic E-state index is 0.229. The van der Waals surface area contributed by atoms with E-state index in [0.717, 1.165) is 32.6 Å². The Bertz CT molecular complexity index is 669. The summed E-state index contributed by atoms with van der Waals surface area (Å²) < 4.78 is 37.8. The van der Waals surface area contributed by atoms with Gasteiger partial charge in [0.1, 0.15) is 10.6 Å². The molecule has 1 aromatic heterocycles.